The van der Waals surface area contributed by atoms with Crippen LogP contribution in [0.15, 0.2) is 0 Å². The molecular weight excluding hydrogens is 174 g/mol. The molecule has 1 heterocycles. The van der Waals surface area contributed by atoms with E-state index in [1.54, 1.807) is 7.05 Å². The molecule has 1 aliphatic rings. The molecule has 0 bridgehead atoms. The molecule has 1 N–H and O–H groups in total. The maximum atomic E-state index is 12.7. The molecule has 0 spiro atoms. The molecular formula is C9H18F2N2. The van der Waals surface area contributed by atoms with E-state index in [4.69, 9.17) is 0 Å². The van der Waals surface area contributed by atoms with Gasteiger partial charge in [-0.05, 0) is 27.3 Å². The van der Waals surface area contributed by atoms with Crippen molar-refractivity contribution in [1.82, 2.24) is 10.2 Å². The zero-order valence-electron chi connectivity index (χ0n) is 8.48. The van der Waals surface area contributed by atoms with Crippen molar-refractivity contribution in [3.05, 3.63) is 0 Å². The minimum atomic E-state index is -2.28. The van der Waals surface area contributed by atoms with Crippen LogP contribution in [0.4, 0.5) is 8.78 Å². The van der Waals surface area contributed by atoms with Crippen LogP contribution in [0.3, 0.4) is 0 Å². The maximum absolute atomic E-state index is 12.7. The number of rotatable bonds is 3. The smallest absolute Gasteiger partial charge is 0.257 e. The fourth-order valence-electron chi connectivity index (χ4n) is 1.80. The first-order valence-corrected chi connectivity index (χ1v) is 4.73. The molecule has 0 aliphatic carbocycles. The van der Waals surface area contributed by atoms with Gasteiger partial charge in [0.1, 0.15) is 0 Å². The van der Waals surface area contributed by atoms with E-state index < -0.39 is 12.0 Å². The van der Waals surface area contributed by atoms with Gasteiger partial charge in [-0.3, -0.25) is 4.90 Å². The van der Waals surface area contributed by atoms with Crippen molar-refractivity contribution in [2.75, 3.05) is 20.1 Å². The van der Waals surface area contributed by atoms with E-state index >= 15 is 0 Å². The first-order chi connectivity index (χ1) is 6.02. The Bertz CT molecular complexity index is 173. The normalized spacial score (nSPS) is 30.7. The summed E-state index contributed by atoms with van der Waals surface area (Å²) < 4.78 is 25.5. The average molecular weight is 192 g/mol. The molecule has 1 unspecified atom stereocenters. The van der Waals surface area contributed by atoms with Gasteiger partial charge in [0.2, 0.25) is 0 Å². The topological polar surface area (TPSA) is 15.3 Å². The van der Waals surface area contributed by atoms with Gasteiger partial charge in [0.15, 0.2) is 0 Å². The number of nitrogens with zero attached hydrogens (tertiary/aromatic N) is 1. The number of halogens is 2. The Hall–Kier alpha value is -0.220. The van der Waals surface area contributed by atoms with Gasteiger partial charge >= 0.3 is 0 Å². The van der Waals surface area contributed by atoms with Crippen LogP contribution < -0.4 is 5.32 Å². The summed E-state index contributed by atoms with van der Waals surface area (Å²) in [6.45, 7) is 5.30. The number of alkyl halides is 2. The third kappa shape index (κ3) is 1.99. The van der Waals surface area contributed by atoms with Crippen LogP contribution in [0, 0.1) is 0 Å². The molecule has 0 radical (unpaired) electrons. The third-order valence-corrected chi connectivity index (χ3v) is 2.98. The van der Waals surface area contributed by atoms with Gasteiger partial charge in [-0.1, -0.05) is 0 Å². The van der Waals surface area contributed by atoms with E-state index in [2.05, 4.69) is 10.2 Å². The van der Waals surface area contributed by atoms with E-state index in [0.717, 1.165) is 6.54 Å². The lowest BCUT2D eigenvalue weighted by atomic mass is 10.00. The molecule has 1 atom stereocenters. The second kappa shape index (κ2) is 3.88. The van der Waals surface area contributed by atoms with Gasteiger partial charge in [-0.15, -0.1) is 0 Å². The fraction of sp³-hybridized carbons (Fsp3) is 1.00. The SMILES string of the molecule is CNC1(C(F)F)CCN(C(C)C)C1. The van der Waals surface area contributed by atoms with Gasteiger partial charge in [-0.2, -0.15) is 0 Å². The number of likely N-dealkylation sites (N-methyl/N-ethyl adjacent to an activating group) is 1. The Morgan fingerprint density at radius 2 is 2.00 bits per heavy atom. The minimum Gasteiger partial charge on any atom is -0.308 e. The summed E-state index contributed by atoms with van der Waals surface area (Å²) in [6, 6.07) is 0.356. The van der Waals surface area contributed by atoms with Crippen molar-refractivity contribution in [2.24, 2.45) is 0 Å². The van der Waals surface area contributed by atoms with Crippen LogP contribution in [0.25, 0.3) is 0 Å². The molecule has 1 saturated heterocycles. The molecule has 0 aromatic carbocycles. The highest BCUT2D eigenvalue weighted by molar-refractivity contribution is 4.99. The lowest BCUT2D eigenvalue weighted by molar-refractivity contribution is 0.0373. The molecule has 1 aliphatic heterocycles. The van der Waals surface area contributed by atoms with Crippen LogP contribution >= 0.6 is 0 Å². The molecule has 0 aromatic heterocycles. The van der Waals surface area contributed by atoms with Gasteiger partial charge in [-0.25, -0.2) is 8.78 Å². The molecule has 0 saturated carbocycles. The first kappa shape index (κ1) is 10.9. The van der Waals surface area contributed by atoms with Crippen molar-refractivity contribution in [3.8, 4) is 0 Å². The molecule has 0 amide bonds. The molecule has 1 fully saturated rings. The summed E-state index contributed by atoms with van der Waals surface area (Å²) in [5, 5.41) is 2.77. The van der Waals surface area contributed by atoms with Crippen molar-refractivity contribution in [3.63, 3.8) is 0 Å². The summed E-state index contributed by atoms with van der Waals surface area (Å²) in [5.41, 5.74) is -0.968. The number of nitrogens with one attached hydrogen (secondary N) is 1. The van der Waals surface area contributed by atoms with Gasteiger partial charge in [0.25, 0.3) is 6.43 Å². The summed E-state index contributed by atoms with van der Waals surface area (Å²) in [7, 11) is 1.62. The summed E-state index contributed by atoms with van der Waals surface area (Å²) in [5.74, 6) is 0. The third-order valence-electron chi connectivity index (χ3n) is 2.98. The molecule has 78 valence electrons. The summed E-state index contributed by atoms with van der Waals surface area (Å²) in [6.07, 6.45) is -1.74. The summed E-state index contributed by atoms with van der Waals surface area (Å²) in [4.78, 5) is 2.09. The predicted octanol–water partition coefficient (Wildman–Crippen LogP) is 1.32. The monoisotopic (exact) mass is 192 g/mol. The Balaban J connectivity index is 2.63. The van der Waals surface area contributed by atoms with Crippen LogP contribution in [-0.4, -0.2) is 43.0 Å². The molecule has 13 heavy (non-hydrogen) atoms. The molecule has 0 aromatic rings. The highest BCUT2D eigenvalue weighted by Gasteiger charge is 2.44. The highest BCUT2D eigenvalue weighted by Crippen LogP contribution is 2.28. The van der Waals surface area contributed by atoms with Gasteiger partial charge in [0.05, 0.1) is 5.54 Å². The maximum Gasteiger partial charge on any atom is 0.257 e. The van der Waals surface area contributed by atoms with Crippen molar-refractivity contribution in [1.29, 1.82) is 0 Å². The standard InChI is InChI=1S/C9H18F2N2/c1-7(2)13-5-4-9(6-13,12-3)8(10)11/h7-8,12H,4-6H2,1-3H3. The van der Waals surface area contributed by atoms with Crippen molar-refractivity contribution < 1.29 is 8.78 Å². The van der Waals surface area contributed by atoms with Crippen LogP contribution in [-0.2, 0) is 0 Å². The lowest BCUT2D eigenvalue weighted by Crippen LogP contribution is -2.52. The van der Waals surface area contributed by atoms with Crippen LogP contribution in [0.2, 0.25) is 0 Å². The quantitative estimate of drug-likeness (QED) is 0.725. The number of hydrogen-bond donors (Lipinski definition) is 1. The van der Waals surface area contributed by atoms with E-state index in [9.17, 15) is 8.78 Å². The van der Waals surface area contributed by atoms with Gasteiger partial charge in [0, 0.05) is 19.1 Å². The van der Waals surface area contributed by atoms with Gasteiger partial charge < -0.3 is 5.32 Å². The number of likely N-dealkylation sites (tertiary alicyclic amines) is 1. The zero-order chi connectivity index (χ0) is 10.1. The van der Waals surface area contributed by atoms with E-state index in [1.165, 1.54) is 0 Å². The lowest BCUT2D eigenvalue weighted by Gasteiger charge is -2.29. The Kier molecular flexibility index (Phi) is 3.24. The zero-order valence-corrected chi connectivity index (χ0v) is 8.48. The van der Waals surface area contributed by atoms with E-state index in [-0.39, 0.29) is 0 Å². The first-order valence-electron chi connectivity index (χ1n) is 4.73. The largest absolute Gasteiger partial charge is 0.308 e. The number of hydrogen-bond acceptors (Lipinski definition) is 2. The predicted molar refractivity (Wildman–Crippen MR) is 49.1 cm³/mol. The molecule has 2 nitrogen and oxygen atoms in total. The molecule has 1 rings (SSSR count). The highest BCUT2D eigenvalue weighted by atomic mass is 19.3. The van der Waals surface area contributed by atoms with E-state index in [0.29, 0.717) is 19.0 Å². The van der Waals surface area contributed by atoms with Crippen molar-refractivity contribution in [2.45, 2.75) is 38.3 Å². The summed E-state index contributed by atoms with van der Waals surface area (Å²) >= 11 is 0. The fourth-order valence-corrected chi connectivity index (χ4v) is 1.80. The van der Waals surface area contributed by atoms with Crippen molar-refractivity contribution >= 4 is 0 Å². The van der Waals surface area contributed by atoms with E-state index in [1.807, 2.05) is 13.8 Å². The Morgan fingerprint density at radius 1 is 1.38 bits per heavy atom. The van der Waals surface area contributed by atoms with Crippen LogP contribution in [0.1, 0.15) is 20.3 Å². The Labute approximate surface area is 78.3 Å². The average Bonchev–Trinajstić information content (AvgIpc) is 2.49. The second-order valence-corrected chi connectivity index (χ2v) is 4.02. The second-order valence-electron chi connectivity index (χ2n) is 4.02. The minimum absolute atomic E-state index is 0.356. The van der Waals surface area contributed by atoms with Crippen LogP contribution in [0.5, 0.6) is 0 Å². The Morgan fingerprint density at radius 3 is 2.23 bits per heavy atom. The molecule has 4 heteroatoms.